The molecule has 0 unspecified atom stereocenters. The molecule has 0 amide bonds. The third-order valence-corrected chi connectivity index (χ3v) is 4.08. The van der Waals surface area contributed by atoms with Gasteiger partial charge in [0.2, 0.25) is 0 Å². The van der Waals surface area contributed by atoms with E-state index in [1.54, 1.807) is 18.9 Å². The SMILES string of the molecule is COc1cc([C@H]2N[C@@H](C(=O)O)CS2)ccc1C. The van der Waals surface area contributed by atoms with Crippen LogP contribution in [0.15, 0.2) is 18.2 Å². The quantitative estimate of drug-likeness (QED) is 0.860. The highest BCUT2D eigenvalue weighted by Gasteiger charge is 2.30. The summed E-state index contributed by atoms with van der Waals surface area (Å²) in [5, 5.41) is 12.0. The minimum atomic E-state index is -0.793. The molecule has 1 aromatic rings. The molecule has 92 valence electrons. The fourth-order valence-electron chi connectivity index (χ4n) is 1.81. The fraction of sp³-hybridized carbons (Fsp3) is 0.417. The van der Waals surface area contributed by atoms with E-state index in [0.29, 0.717) is 5.75 Å². The molecule has 1 aliphatic heterocycles. The van der Waals surface area contributed by atoms with Gasteiger partial charge >= 0.3 is 5.97 Å². The van der Waals surface area contributed by atoms with Gasteiger partial charge in [-0.1, -0.05) is 12.1 Å². The molecule has 1 heterocycles. The smallest absolute Gasteiger partial charge is 0.321 e. The number of benzene rings is 1. The van der Waals surface area contributed by atoms with Gasteiger partial charge in [-0.3, -0.25) is 10.1 Å². The van der Waals surface area contributed by atoms with Crippen molar-refractivity contribution in [3.05, 3.63) is 29.3 Å². The number of ether oxygens (including phenoxy) is 1. The van der Waals surface area contributed by atoms with Crippen LogP contribution in [-0.4, -0.2) is 30.0 Å². The maximum absolute atomic E-state index is 10.9. The van der Waals surface area contributed by atoms with Gasteiger partial charge in [-0.25, -0.2) is 0 Å². The Morgan fingerprint density at radius 1 is 1.59 bits per heavy atom. The van der Waals surface area contributed by atoms with Gasteiger partial charge in [0.25, 0.3) is 0 Å². The molecule has 4 nitrogen and oxygen atoms in total. The number of carboxylic acid groups (broad SMARTS) is 1. The van der Waals surface area contributed by atoms with Crippen LogP contribution in [0.2, 0.25) is 0 Å². The zero-order chi connectivity index (χ0) is 12.4. The Kier molecular flexibility index (Phi) is 3.59. The van der Waals surface area contributed by atoms with E-state index in [1.165, 1.54) is 0 Å². The first-order valence-corrected chi connectivity index (χ1v) is 6.41. The van der Waals surface area contributed by atoms with E-state index in [9.17, 15) is 4.79 Å². The van der Waals surface area contributed by atoms with E-state index >= 15 is 0 Å². The fourth-order valence-corrected chi connectivity index (χ4v) is 3.03. The van der Waals surface area contributed by atoms with E-state index in [0.717, 1.165) is 16.9 Å². The maximum Gasteiger partial charge on any atom is 0.321 e. The lowest BCUT2D eigenvalue weighted by Gasteiger charge is -2.13. The first-order chi connectivity index (χ1) is 8.11. The van der Waals surface area contributed by atoms with Gasteiger partial charge in [0, 0.05) is 5.75 Å². The maximum atomic E-state index is 10.9. The summed E-state index contributed by atoms with van der Waals surface area (Å²) >= 11 is 1.61. The van der Waals surface area contributed by atoms with Crippen molar-refractivity contribution < 1.29 is 14.6 Å². The van der Waals surface area contributed by atoms with Crippen molar-refractivity contribution in [2.75, 3.05) is 12.9 Å². The van der Waals surface area contributed by atoms with Gasteiger partial charge in [-0.2, -0.15) is 0 Å². The summed E-state index contributed by atoms with van der Waals surface area (Å²) < 4.78 is 5.27. The van der Waals surface area contributed by atoms with Crippen molar-refractivity contribution in [1.82, 2.24) is 5.32 Å². The van der Waals surface area contributed by atoms with E-state index < -0.39 is 12.0 Å². The number of carboxylic acids is 1. The predicted molar refractivity (Wildman–Crippen MR) is 67.5 cm³/mol. The average Bonchev–Trinajstić information content (AvgIpc) is 2.79. The molecule has 1 aromatic carbocycles. The standard InChI is InChI=1S/C12H15NO3S/c1-7-3-4-8(5-10(7)16-2)11-13-9(6-17-11)12(14)15/h3-5,9,11,13H,6H2,1-2H3,(H,14,15)/t9-,11+/m1/s1. The topological polar surface area (TPSA) is 58.6 Å². The first-order valence-electron chi connectivity index (χ1n) is 5.37. The average molecular weight is 253 g/mol. The number of thioether (sulfide) groups is 1. The molecule has 0 radical (unpaired) electrons. The highest BCUT2D eigenvalue weighted by Crippen LogP contribution is 2.35. The summed E-state index contributed by atoms with van der Waals surface area (Å²) in [7, 11) is 1.64. The zero-order valence-electron chi connectivity index (χ0n) is 9.77. The highest BCUT2D eigenvalue weighted by molar-refractivity contribution is 7.99. The summed E-state index contributed by atoms with van der Waals surface area (Å²) in [5.74, 6) is 0.638. The Morgan fingerprint density at radius 3 is 2.94 bits per heavy atom. The highest BCUT2D eigenvalue weighted by atomic mass is 32.2. The molecular formula is C12H15NO3S. The Morgan fingerprint density at radius 2 is 2.35 bits per heavy atom. The molecule has 1 saturated heterocycles. The molecule has 0 spiro atoms. The van der Waals surface area contributed by atoms with Crippen LogP contribution >= 0.6 is 11.8 Å². The Balaban J connectivity index is 2.16. The Labute approximate surface area is 104 Å². The van der Waals surface area contributed by atoms with E-state index in [-0.39, 0.29) is 5.37 Å². The van der Waals surface area contributed by atoms with Crippen molar-refractivity contribution in [2.24, 2.45) is 0 Å². The number of methoxy groups -OCH3 is 1. The summed E-state index contributed by atoms with van der Waals surface area (Å²) in [6.45, 7) is 1.98. The Hall–Kier alpha value is -1.20. The van der Waals surface area contributed by atoms with Gasteiger partial charge in [0.15, 0.2) is 0 Å². The number of aryl methyl sites for hydroxylation is 1. The van der Waals surface area contributed by atoms with Crippen molar-refractivity contribution in [1.29, 1.82) is 0 Å². The molecule has 0 aromatic heterocycles. The van der Waals surface area contributed by atoms with Crippen molar-refractivity contribution in [3.8, 4) is 5.75 Å². The van der Waals surface area contributed by atoms with E-state index in [2.05, 4.69) is 5.32 Å². The minimum absolute atomic E-state index is 0.0330. The van der Waals surface area contributed by atoms with Crippen LogP contribution in [0, 0.1) is 6.92 Å². The molecule has 2 rings (SSSR count). The van der Waals surface area contributed by atoms with Crippen LogP contribution in [-0.2, 0) is 4.79 Å². The predicted octanol–water partition coefficient (Wildman–Crippen LogP) is 1.79. The van der Waals surface area contributed by atoms with Crippen LogP contribution < -0.4 is 10.1 Å². The number of rotatable bonds is 3. The molecular weight excluding hydrogens is 238 g/mol. The molecule has 1 aliphatic rings. The molecule has 2 atom stereocenters. The van der Waals surface area contributed by atoms with Gasteiger partial charge in [-0.05, 0) is 24.1 Å². The lowest BCUT2D eigenvalue weighted by molar-refractivity contribution is -0.138. The van der Waals surface area contributed by atoms with E-state index in [1.807, 2.05) is 25.1 Å². The number of hydrogen-bond donors (Lipinski definition) is 2. The summed E-state index contributed by atoms with van der Waals surface area (Å²) in [6.07, 6.45) is 0. The molecule has 0 aliphatic carbocycles. The van der Waals surface area contributed by atoms with Crippen LogP contribution in [0.4, 0.5) is 0 Å². The van der Waals surface area contributed by atoms with Crippen molar-refractivity contribution in [2.45, 2.75) is 18.3 Å². The molecule has 2 N–H and O–H groups in total. The van der Waals surface area contributed by atoms with Crippen molar-refractivity contribution in [3.63, 3.8) is 0 Å². The van der Waals surface area contributed by atoms with Crippen LogP contribution in [0.5, 0.6) is 5.75 Å². The number of aliphatic carboxylic acids is 1. The number of carbonyl (C=O) groups is 1. The van der Waals surface area contributed by atoms with Gasteiger partial charge in [-0.15, -0.1) is 11.8 Å². The second kappa shape index (κ2) is 4.98. The molecule has 5 heteroatoms. The number of hydrogen-bond acceptors (Lipinski definition) is 4. The van der Waals surface area contributed by atoms with Crippen LogP contribution in [0.3, 0.4) is 0 Å². The van der Waals surface area contributed by atoms with Gasteiger partial charge in [0.1, 0.15) is 11.8 Å². The third-order valence-electron chi connectivity index (χ3n) is 2.82. The second-order valence-electron chi connectivity index (χ2n) is 4.00. The van der Waals surface area contributed by atoms with Crippen LogP contribution in [0.1, 0.15) is 16.5 Å². The van der Waals surface area contributed by atoms with Gasteiger partial charge < -0.3 is 9.84 Å². The Bertz CT molecular complexity index is 436. The van der Waals surface area contributed by atoms with E-state index in [4.69, 9.17) is 9.84 Å². The summed E-state index contributed by atoms with van der Waals surface area (Å²) in [6, 6.07) is 5.50. The normalized spacial score (nSPS) is 23.6. The molecule has 1 fully saturated rings. The summed E-state index contributed by atoms with van der Waals surface area (Å²) in [4.78, 5) is 10.9. The molecule has 0 saturated carbocycles. The lowest BCUT2D eigenvalue weighted by atomic mass is 10.1. The first kappa shape index (κ1) is 12.3. The second-order valence-corrected chi connectivity index (χ2v) is 5.14. The lowest BCUT2D eigenvalue weighted by Crippen LogP contribution is -2.33. The largest absolute Gasteiger partial charge is 0.496 e. The van der Waals surface area contributed by atoms with Crippen molar-refractivity contribution >= 4 is 17.7 Å². The van der Waals surface area contributed by atoms with Crippen LogP contribution in [0.25, 0.3) is 0 Å². The minimum Gasteiger partial charge on any atom is -0.496 e. The molecule has 17 heavy (non-hydrogen) atoms. The summed E-state index contributed by atoms with van der Waals surface area (Å²) in [5.41, 5.74) is 2.13. The molecule has 0 bridgehead atoms. The zero-order valence-corrected chi connectivity index (χ0v) is 10.6. The van der Waals surface area contributed by atoms with Gasteiger partial charge in [0.05, 0.1) is 12.5 Å². The monoisotopic (exact) mass is 253 g/mol. The third kappa shape index (κ3) is 2.56. The number of nitrogens with one attached hydrogen (secondary N) is 1.